The smallest absolute Gasteiger partial charge is 0.416 e. The first-order valence-corrected chi connectivity index (χ1v) is 10.2. The summed E-state index contributed by atoms with van der Waals surface area (Å²) < 4.78 is 45.8. The Labute approximate surface area is 177 Å². The first-order chi connectivity index (χ1) is 14.2. The summed E-state index contributed by atoms with van der Waals surface area (Å²) >= 11 is 6.11. The largest absolute Gasteiger partial charge is 0.618 e. The molecule has 0 saturated heterocycles. The summed E-state index contributed by atoms with van der Waals surface area (Å²) in [5.74, 6) is -0.160. The van der Waals surface area contributed by atoms with Crippen LogP contribution >= 0.6 is 11.6 Å². The molecule has 158 valence electrons. The normalized spacial score (nSPS) is 21.6. The maximum atomic E-state index is 13.2. The number of halogens is 4. The molecule has 3 nitrogen and oxygen atoms in total. The summed E-state index contributed by atoms with van der Waals surface area (Å²) in [5.41, 5.74) is 2.00. The van der Waals surface area contributed by atoms with Crippen LogP contribution in [-0.4, -0.2) is 6.61 Å². The zero-order chi connectivity index (χ0) is 21.6. The van der Waals surface area contributed by atoms with E-state index in [1.54, 1.807) is 18.2 Å². The first-order valence-electron chi connectivity index (χ1n) is 9.84. The molecule has 0 spiro atoms. The van der Waals surface area contributed by atoms with Gasteiger partial charge in [-0.3, -0.25) is 0 Å². The molecule has 1 heterocycles. The van der Waals surface area contributed by atoms with Crippen LogP contribution in [0.5, 0.6) is 0 Å². The van der Waals surface area contributed by atoms with E-state index < -0.39 is 11.7 Å². The molecule has 7 heteroatoms. The van der Waals surface area contributed by atoms with Crippen LogP contribution in [0, 0.1) is 11.1 Å². The van der Waals surface area contributed by atoms with Crippen molar-refractivity contribution in [1.29, 1.82) is 0 Å². The van der Waals surface area contributed by atoms with Gasteiger partial charge in [-0.25, -0.2) is 0 Å². The van der Waals surface area contributed by atoms with E-state index in [2.05, 4.69) is 0 Å². The van der Waals surface area contributed by atoms with Crippen LogP contribution < -0.4 is 4.73 Å². The van der Waals surface area contributed by atoms with Crippen LogP contribution in [0.3, 0.4) is 0 Å². The average Bonchev–Trinajstić information content (AvgIpc) is 2.70. The van der Waals surface area contributed by atoms with Crippen molar-refractivity contribution in [1.82, 2.24) is 0 Å². The number of pyridine rings is 1. The minimum Gasteiger partial charge on any atom is -0.618 e. The maximum absolute atomic E-state index is 13.2. The van der Waals surface area contributed by atoms with E-state index in [4.69, 9.17) is 16.3 Å². The highest BCUT2D eigenvalue weighted by Gasteiger charge is 2.40. The van der Waals surface area contributed by atoms with Gasteiger partial charge in [-0.1, -0.05) is 30.7 Å². The number of fused-ring (bicyclic) bond motifs is 2. The summed E-state index contributed by atoms with van der Waals surface area (Å²) in [4.78, 5) is 0. The van der Waals surface area contributed by atoms with Gasteiger partial charge in [0.2, 0.25) is 5.52 Å². The second kappa shape index (κ2) is 7.75. The summed E-state index contributed by atoms with van der Waals surface area (Å²) in [5, 5.41) is 14.5. The molecule has 0 fully saturated rings. The monoisotopic (exact) mass is 435 g/mol. The molecular formula is C23H21ClF3NO2. The Kier molecular flexibility index (Phi) is 5.41. The fourth-order valence-electron chi connectivity index (χ4n) is 4.44. The zero-order valence-corrected chi connectivity index (χ0v) is 17.3. The molecule has 0 bridgehead atoms. The molecule has 1 aromatic heterocycles. The van der Waals surface area contributed by atoms with Gasteiger partial charge in [0.15, 0.2) is 5.69 Å². The highest BCUT2D eigenvalue weighted by Crippen LogP contribution is 2.45. The quantitative estimate of drug-likeness (QED) is 0.363. The van der Waals surface area contributed by atoms with Crippen molar-refractivity contribution < 1.29 is 22.6 Å². The van der Waals surface area contributed by atoms with Crippen molar-refractivity contribution in [2.75, 3.05) is 6.61 Å². The van der Waals surface area contributed by atoms with E-state index in [0.717, 1.165) is 33.4 Å². The van der Waals surface area contributed by atoms with Crippen molar-refractivity contribution in [2.24, 2.45) is 5.92 Å². The van der Waals surface area contributed by atoms with Gasteiger partial charge in [-0.2, -0.15) is 17.9 Å². The van der Waals surface area contributed by atoms with Crippen LogP contribution in [-0.2, 0) is 17.3 Å². The number of hydrogen-bond donors (Lipinski definition) is 0. The van der Waals surface area contributed by atoms with Gasteiger partial charge < -0.3 is 9.94 Å². The molecule has 30 heavy (non-hydrogen) atoms. The van der Waals surface area contributed by atoms with Gasteiger partial charge in [-0.05, 0) is 54.7 Å². The fourth-order valence-corrected chi connectivity index (χ4v) is 4.62. The lowest BCUT2D eigenvalue weighted by Gasteiger charge is -2.36. The fraction of sp³-hybridized carbons (Fsp3) is 0.348. The molecule has 0 amide bonds. The molecule has 0 radical (unpaired) electrons. The molecule has 2 aromatic carbocycles. The number of alkyl halides is 3. The number of aromatic nitrogens is 1. The van der Waals surface area contributed by atoms with E-state index >= 15 is 0 Å². The predicted molar refractivity (Wildman–Crippen MR) is 109 cm³/mol. The lowest BCUT2D eigenvalue weighted by molar-refractivity contribution is -0.587. The van der Waals surface area contributed by atoms with Crippen LogP contribution in [0.15, 0.2) is 48.5 Å². The number of rotatable bonds is 3. The Morgan fingerprint density at radius 1 is 1.13 bits per heavy atom. The third-order valence-corrected chi connectivity index (χ3v) is 6.18. The molecule has 0 N–H and O–H groups in total. The lowest BCUT2D eigenvalue weighted by Crippen LogP contribution is -2.41. The molecule has 3 atom stereocenters. The van der Waals surface area contributed by atoms with Crippen molar-refractivity contribution in [2.45, 2.75) is 38.5 Å². The topological polar surface area (TPSA) is 36.2 Å². The van der Waals surface area contributed by atoms with Crippen LogP contribution in [0.2, 0.25) is 5.02 Å². The minimum atomic E-state index is -4.38. The molecule has 3 unspecified atom stereocenters. The van der Waals surface area contributed by atoms with Gasteiger partial charge in [0, 0.05) is 29.5 Å². The first kappa shape index (κ1) is 20.9. The molecule has 1 aliphatic carbocycles. The Bertz CT molecular complexity index is 1080. The number of ether oxygens (including phenoxy) is 1. The maximum Gasteiger partial charge on any atom is 0.416 e. The molecular weight excluding hydrogens is 415 g/mol. The average molecular weight is 436 g/mol. The van der Waals surface area contributed by atoms with E-state index in [1.165, 1.54) is 12.1 Å². The second-order valence-electron chi connectivity index (χ2n) is 7.71. The minimum absolute atomic E-state index is 0.0224. The molecule has 3 aromatic rings. The van der Waals surface area contributed by atoms with E-state index in [-0.39, 0.29) is 17.9 Å². The Balaban J connectivity index is 1.82. The summed E-state index contributed by atoms with van der Waals surface area (Å²) in [7, 11) is 0. The van der Waals surface area contributed by atoms with Crippen LogP contribution in [0.1, 0.15) is 48.3 Å². The van der Waals surface area contributed by atoms with E-state index in [0.29, 0.717) is 29.3 Å². The SMILES string of the molecule is CCOC1c2cc3cc(Cl)ccc3[n+]([O-])c2CC(c2ccc(C(F)(F)F)cc2)C1C. The number of nitrogens with zero attached hydrogens (tertiary/aromatic N) is 1. The highest BCUT2D eigenvalue weighted by molar-refractivity contribution is 6.31. The van der Waals surface area contributed by atoms with Crippen molar-refractivity contribution in [3.8, 4) is 0 Å². The number of hydrogen-bond acceptors (Lipinski definition) is 2. The standard InChI is InChI=1S/C23H21ClF3NO2/c1-3-30-22-13(2)18(14-4-6-16(7-5-14)23(25,26)27)12-21-19(22)11-15-10-17(24)8-9-20(15)28(21)29/h4-11,13,18,22H,3,12H2,1-2H3. The van der Waals surface area contributed by atoms with Crippen molar-refractivity contribution >= 4 is 22.5 Å². The molecule has 0 saturated carbocycles. The Hall–Kier alpha value is -2.31. The predicted octanol–water partition coefficient (Wildman–Crippen LogP) is 6.20. The van der Waals surface area contributed by atoms with Gasteiger partial charge >= 0.3 is 6.18 Å². The van der Waals surface area contributed by atoms with Crippen molar-refractivity contribution in [3.05, 3.63) is 81.1 Å². The summed E-state index contributed by atoms with van der Waals surface area (Å²) in [6.45, 7) is 4.36. The van der Waals surface area contributed by atoms with Gasteiger partial charge in [0.1, 0.15) is 0 Å². The third kappa shape index (κ3) is 3.63. The van der Waals surface area contributed by atoms with Gasteiger partial charge in [0.25, 0.3) is 0 Å². The van der Waals surface area contributed by atoms with Crippen LogP contribution in [0.4, 0.5) is 13.2 Å². The third-order valence-electron chi connectivity index (χ3n) is 5.94. The van der Waals surface area contributed by atoms with Crippen LogP contribution in [0.25, 0.3) is 10.9 Å². The highest BCUT2D eigenvalue weighted by atomic mass is 35.5. The van der Waals surface area contributed by atoms with Gasteiger partial charge in [0.05, 0.1) is 17.2 Å². The van der Waals surface area contributed by atoms with Crippen molar-refractivity contribution in [3.63, 3.8) is 0 Å². The number of benzene rings is 2. The summed E-state index contributed by atoms with van der Waals surface area (Å²) in [6.07, 6.45) is -4.29. The van der Waals surface area contributed by atoms with E-state index in [1.807, 2.05) is 19.9 Å². The van der Waals surface area contributed by atoms with Gasteiger partial charge in [-0.15, -0.1) is 0 Å². The molecule has 1 aliphatic rings. The Morgan fingerprint density at radius 2 is 1.83 bits per heavy atom. The lowest BCUT2D eigenvalue weighted by atomic mass is 9.73. The molecule has 0 aliphatic heterocycles. The molecule has 4 rings (SSSR count). The Morgan fingerprint density at radius 3 is 2.47 bits per heavy atom. The van der Waals surface area contributed by atoms with E-state index in [9.17, 15) is 18.4 Å². The second-order valence-corrected chi connectivity index (χ2v) is 8.15. The summed E-state index contributed by atoms with van der Waals surface area (Å²) in [6, 6.07) is 12.3. The zero-order valence-electron chi connectivity index (χ0n) is 16.5.